The number of anilines is 1. The van der Waals surface area contributed by atoms with Gasteiger partial charge in [-0.1, -0.05) is 6.07 Å². The fourth-order valence-corrected chi connectivity index (χ4v) is 4.10. The number of oxazole rings is 1. The van der Waals surface area contributed by atoms with E-state index in [9.17, 15) is 0 Å². The van der Waals surface area contributed by atoms with Crippen LogP contribution in [0.2, 0.25) is 0 Å². The summed E-state index contributed by atoms with van der Waals surface area (Å²) in [4.78, 5) is 15.1. The summed E-state index contributed by atoms with van der Waals surface area (Å²) in [5, 5.41) is 5.43. The Morgan fingerprint density at radius 1 is 1.19 bits per heavy atom. The van der Waals surface area contributed by atoms with Gasteiger partial charge in [0, 0.05) is 38.4 Å². The summed E-state index contributed by atoms with van der Waals surface area (Å²) in [6, 6.07) is 12.3. The Kier molecular flexibility index (Phi) is 8.59. The molecule has 0 radical (unpaired) electrons. The number of benzene rings is 1. The van der Waals surface area contributed by atoms with Crippen molar-refractivity contribution in [1.29, 1.82) is 0 Å². The molecule has 0 bridgehead atoms. The van der Waals surface area contributed by atoms with E-state index in [1.165, 1.54) is 5.69 Å². The largest absolute Gasteiger partial charge is 0.497 e. The summed E-state index contributed by atoms with van der Waals surface area (Å²) in [6.45, 7) is 7.14. The van der Waals surface area contributed by atoms with Crippen molar-refractivity contribution in [2.45, 2.75) is 13.5 Å². The van der Waals surface area contributed by atoms with Crippen LogP contribution in [0.1, 0.15) is 12.6 Å². The third-order valence-electron chi connectivity index (χ3n) is 5.03. The van der Waals surface area contributed by atoms with Crippen molar-refractivity contribution in [2.24, 2.45) is 4.99 Å². The maximum Gasteiger partial charge on any atom is 0.236 e. The number of piperazine rings is 1. The smallest absolute Gasteiger partial charge is 0.236 e. The molecule has 0 saturated carbocycles. The average molecular weight is 553 g/mol. The SMILES string of the molecule is CCNC(=NCc1coc(-c2cccs2)n1)N1CCN(c2ccc(OC)cc2)CC1.I. The summed E-state index contributed by atoms with van der Waals surface area (Å²) < 4.78 is 10.9. The molecular formula is C22H28IN5O2S. The van der Waals surface area contributed by atoms with Gasteiger partial charge in [-0.3, -0.25) is 0 Å². The third-order valence-corrected chi connectivity index (χ3v) is 5.88. The molecule has 4 rings (SSSR count). The number of ether oxygens (including phenoxy) is 1. The van der Waals surface area contributed by atoms with Gasteiger partial charge in [0.05, 0.1) is 18.5 Å². The van der Waals surface area contributed by atoms with E-state index >= 15 is 0 Å². The van der Waals surface area contributed by atoms with Gasteiger partial charge in [0.15, 0.2) is 5.96 Å². The predicted molar refractivity (Wildman–Crippen MR) is 137 cm³/mol. The van der Waals surface area contributed by atoms with Crippen LogP contribution >= 0.6 is 35.3 Å². The highest BCUT2D eigenvalue weighted by Crippen LogP contribution is 2.24. The molecule has 9 heteroatoms. The van der Waals surface area contributed by atoms with E-state index in [0.29, 0.717) is 12.4 Å². The van der Waals surface area contributed by atoms with Crippen molar-refractivity contribution in [2.75, 3.05) is 44.7 Å². The van der Waals surface area contributed by atoms with Gasteiger partial charge in [0.25, 0.3) is 0 Å². The molecule has 1 aromatic carbocycles. The zero-order valence-corrected chi connectivity index (χ0v) is 20.9. The van der Waals surface area contributed by atoms with Crippen LogP contribution < -0.4 is 15.0 Å². The second-order valence-electron chi connectivity index (χ2n) is 6.96. The zero-order valence-electron chi connectivity index (χ0n) is 17.8. The van der Waals surface area contributed by atoms with Crippen LogP contribution in [0.5, 0.6) is 5.75 Å². The monoisotopic (exact) mass is 553 g/mol. The summed E-state index contributed by atoms with van der Waals surface area (Å²) in [7, 11) is 1.69. The quantitative estimate of drug-likeness (QED) is 0.279. The van der Waals surface area contributed by atoms with E-state index in [2.05, 4.69) is 39.2 Å². The van der Waals surface area contributed by atoms with E-state index < -0.39 is 0 Å². The fourth-order valence-electron chi connectivity index (χ4n) is 3.44. The first-order chi connectivity index (χ1) is 14.8. The molecule has 0 spiro atoms. The van der Waals surface area contributed by atoms with Crippen LogP contribution in [0.3, 0.4) is 0 Å². The minimum Gasteiger partial charge on any atom is -0.497 e. The summed E-state index contributed by atoms with van der Waals surface area (Å²) in [5.74, 6) is 2.47. The lowest BCUT2D eigenvalue weighted by Crippen LogP contribution is -2.52. The lowest BCUT2D eigenvalue weighted by atomic mass is 10.2. The van der Waals surface area contributed by atoms with E-state index in [1.807, 2.05) is 29.6 Å². The molecule has 1 N–H and O–H groups in total. The van der Waals surface area contributed by atoms with Gasteiger partial charge in [-0.05, 0) is 42.6 Å². The Labute approximate surface area is 204 Å². The fraction of sp³-hybridized carbons (Fsp3) is 0.364. The predicted octanol–water partition coefficient (Wildman–Crippen LogP) is 4.32. The van der Waals surface area contributed by atoms with E-state index in [0.717, 1.165) is 55.0 Å². The second kappa shape index (κ2) is 11.4. The van der Waals surface area contributed by atoms with Crippen LogP contribution in [0.25, 0.3) is 10.8 Å². The van der Waals surface area contributed by atoms with Gasteiger partial charge in [-0.15, -0.1) is 35.3 Å². The Hall–Kier alpha value is -2.27. The van der Waals surface area contributed by atoms with Crippen LogP contribution in [0, 0.1) is 0 Å². The first-order valence-corrected chi connectivity index (χ1v) is 11.1. The molecule has 166 valence electrons. The molecule has 0 amide bonds. The lowest BCUT2D eigenvalue weighted by Gasteiger charge is -2.37. The van der Waals surface area contributed by atoms with Crippen molar-refractivity contribution in [3.05, 3.63) is 53.7 Å². The number of guanidine groups is 1. The number of methoxy groups -OCH3 is 1. The Morgan fingerprint density at radius 3 is 2.61 bits per heavy atom. The van der Waals surface area contributed by atoms with Crippen LogP contribution in [0.15, 0.2) is 57.5 Å². The highest BCUT2D eigenvalue weighted by Gasteiger charge is 2.20. The molecular weight excluding hydrogens is 525 g/mol. The second-order valence-corrected chi connectivity index (χ2v) is 7.91. The van der Waals surface area contributed by atoms with Gasteiger partial charge in [0.1, 0.15) is 17.7 Å². The molecule has 0 unspecified atom stereocenters. The van der Waals surface area contributed by atoms with Gasteiger partial charge in [0.2, 0.25) is 5.89 Å². The molecule has 0 atom stereocenters. The van der Waals surface area contributed by atoms with E-state index in [4.69, 9.17) is 14.1 Å². The molecule has 1 aliphatic heterocycles. The maximum absolute atomic E-state index is 5.61. The highest BCUT2D eigenvalue weighted by atomic mass is 127. The van der Waals surface area contributed by atoms with E-state index in [1.54, 1.807) is 24.7 Å². The molecule has 31 heavy (non-hydrogen) atoms. The molecule has 1 fully saturated rings. The number of nitrogens with one attached hydrogen (secondary N) is 1. The third kappa shape index (κ3) is 5.91. The van der Waals surface area contributed by atoms with Crippen molar-refractivity contribution in [1.82, 2.24) is 15.2 Å². The highest BCUT2D eigenvalue weighted by molar-refractivity contribution is 14.0. The first-order valence-electron chi connectivity index (χ1n) is 10.2. The lowest BCUT2D eigenvalue weighted by molar-refractivity contribution is 0.372. The van der Waals surface area contributed by atoms with Gasteiger partial charge in [-0.2, -0.15) is 0 Å². The molecule has 7 nitrogen and oxygen atoms in total. The van der Waals surface area contributed by atoms with E-state index in [-0.39, 0.29) is 24.0 Å². The number of nitrogens with zero attached hydrogens (tertiary/aromatic N) is 4. The minimum absolute atomic E-state index is 0. The standard InChI is InChI=1S/C22H27N5O2S.HI/c1-3-23-22(24-15-17-16-29-21(25-17)20-5-4-14-30-20)27-12-10-26(11-13-27)18-6-8-19(28-2)9-7-18;/h4-9,14,16H,3,10-13,15H2,1-2H3,(H,23,24);1H. The molecule has 1 aliphatic rings. The first kappa shape index (κ1) is 23.4. The van der Waals surface area contributed by atoms with Gasteiger partial charge >= 0.3 is 0 Å². The summed E-state index contributed by atoms with van der Waals surface area (Å²) in [5.41, 5.74) is 2.06. The molecule has 0 aliphatic carbocycles. The Balaban J connectivity index is 0.00000272. The Bertz CT molecular complexity index is 951. The topological polar surface area (TPSA) is 66.1 Å². The molecule has 1 saturated heterocycles. The van der Waals surface area contributed by atoms with Crippen molar-refractivity contribution in [3.8, 4) is 16.5 Å². The van der Waals surface area contributed by atoms with Crippen LogP contribution in [-0.2, 0) is 6.54 Å². The number of hydrogen-bond donors (Lipinski definition) is 1. The molecule has 3 heterocycles. The zero-order chi connectivity index (χ0) is 20.8. The number of hydrogen-bond acceptors (Lipinski definition) is 6. The van der Waals surface area contributed by atoms with Crippen LogP contribution in [-0.4, -0.2) is 55.7 Å². The van der Waals surface area contributed by atoms with Gasteiger partial charge < -0.3 is 24.3 Å². The maximum atomic E-state index is 5.61. The van der Waals surface area contributed by atoms with Crippen molar-refractivity contribution in [3.63, 3.8) is 0 Å². The van der Waals surface area contributed by atoms with Crippen molar-refractivity contribution < 1.29 is 9.15 Å². The number of aliphatic imine (C=N–C) groups is 1. The van der Waals surface area contributed by atoms with Gasteiger partial charge in [-0.25, -0.2) is 9.98 Å². The minimum atomic E-state index is 0. The van der Waals surface area contributed by atoms with Crippen molar-refractivity contribution >= 4 is 47.0 Å². The average Bonchev–Trinajstić information content (AvgIpc) is 3.49. The number of aromatic nitrogens is 1. The Morgan fingerprint density at radius 2 is 1.97 bits per heavy atom. The number of halogens is 1. The summed E-state index contributed by atoms with van der Waals surface area (Å²) >= 11 is 1.62. The molecule has 3 aromatic rings. The number of thiophene rings is 1. The number of rotatable bonds is 6. The van der Waals surface area contributed by atoms with Crippen LogP contribution in [0.4, 0.5) is 5.69 Å². The summed E-state index contributed by atoms with van der Waals surface area (Å²) in [6.07, 6.45) is 1.70. The molecule has 2 aromatic heterocycles. The normalized spacial score (nSPS) is 14.3.